The second-order valence-corrected chi connectivity index (χ2v) is 4.73. The van der Waals surface area contributed by atoms with Crippen LogP contribution in [0.3, 0.4) is 0 Å². The van der Waals surface area contributed by atoms with E-state index in [2.05, 4.69) is 24.2 Å². The van der Waals surface area contributed by atoms with Crippen LogP contribution in [0, 0.1) is 5.92 Å². The van der Waals surface area contributed by atoms with Crippen LogP contribution < -0.4 is 5.32 Å². The molecule has 2 nitrogen and oxygen atoms in total. The van der Waals surface area contributed by atoms with E-state index < -0.39 is 6.43 Å². The summed E-state index contributed by atoms with van der Waals surface area (Å²) in [4.78, 5) is 2.28. The Kier molecular flexibility index (Phi) is 2.75. The number of hydrogen-bond donors (Lipinski definition) is 1. The highest BCUT2D eigenvalue weighted by Crippen LogP contribution is 2.37. The zero-order valence-corrected chi connectivity index (χ0v) is 8.71. The summed E-state index contributed by atoms with van der Waals surface area (Å²) in [7, 11) is 2.09. The summed E-state index contributed by atoms with van der Waals surface area (Å²) in [5.74, 6) is -0.379. The van der Waals surface area contributed by atoms with Crippen LogP contribution in [0.25, 0.3) is 0 Å². The molecule has 0 bridgehead atoms. The lowest BCUT2D eigenvalue weighted by atomic mass is 10.2. The third-order valence-corrected chi connectivity index (χ3v) is 3.50. The first kappa shape index (κ1) is 10.3. The molecule has 0 amide bonds. The molecule has 0 aromatic carbocycles. The Morgan fingerprint density at radius 2 is 2.07 bits per heavy atom. The zero-order valence-electron chi connectivity index (χ0n) is 8.71. The first-order valence-electron chi connectivity index (χ1n) is 5.32. The van der Waals surface area contributed by atoms with Crippen molar-refractivity contribution in [3.63, 3.8) is 0 Å². The van der Waals surface area contributed by atoms with Gasteiger partial charge in [-0.3, -0.25) is 0 Å². The monoisotopic (exact) mass is 204 g/mol. The molecule has 1 aliphatic heterocycles. The zero-order chi connectivity index (χ0) is 10.3. The van der Waals surface area contributed by atoms with Gasteiger partial charge in [-0.05, 0) is 26.8 Å². The van der Waals surface area contributed by atoms with E-state index in [1.54, 1.807) is 0 Å². The molecule has 0 aromatic rings. The molecular weight excluding hydrogens is 186 g/mol. The minimum absolute atomic E-state index is 0.0821. The Balaban J connectivity index is 1.73. The third-order valence-electron chi connectivity index (χ3n) is 3.50. The molecule has 2 aliphatic rings. The molecule has 4 heteroatoms. The molecule has 0 spiro atoms. The molecule has 1 saturated heterocycles. The first-order valence-corrected chi connectivity index (χ1v) is 5.32. The second-order valence-electron chi connectivity index (χ2n) is 4.73. The maximum absolute atomic E-state index is 12.2. The standard InChI is InChI=1S/C10H18F2N2/c1-6-3-7(5-14(6)2)13-9-4-8(9)10(11)12/h6-10,13H,3-5H2,1-2H3/t6?,7?,8-,9-/m0/s1. The second kappa shape index (κ2) is 3.74. The fourth-order valence-corrected chi connectivity index (χ4v) is 2.30. The fraction of sp³-hybridized carbons (Fsp3) is 1.00. The Morgan fingerprint density at radius 3 is 2.50 bits per heavy atom. The molecule has 1 saturated carbocycles. The van der Waals surface area contributed by atoms with Gasteiger partial charge in [0, 0.05) is 30.6 Å². The van der Waals surface area contributed by atoms with Gasteiger partial charge in [-0.25, -0.2) is 8.78 Å². The number of rotatable bonds is 3. The van der Waals surface area contributed by atoms with Gasteiger partial charge in [0.25, 0.3) is 0 Å². The largest absolute Gasteiger partial charge is 0.309 e. The predicted molar refractivity (Wildman–Crippen MR) is 51.5 cm³/mol. The summed E-state index contributed by atoms with van der Waals surface area (Å²) < 4.78 is 24.5. The Hall–Kier alpha value is -0.220. The Labute approximate surface area is 83.7 Å². The molecule has 4 atom stereocenters. The first-order chi connectivity index (χ1) is 6.58. The summed E-state index contributed by atoms with van der Waals surface area (Å²) in [6.07, 6.45) is -0.390. The highest BCUT2D eigenvalue weighted by molar-refractivity contribution is 4.98. The molecule has 0 radical (unpaired) electrons. The summed E-state index contributed by atoms with van der Waals surface area (Å²) in [5.41, 5.74) is 0. The van der Waals surface area contributed by atoms with Crippen LogP contribution in [-0.2, 0) is 0 Å². The topological polar surface area (TPSA) is 15.3 Å². The van der Waals surface area contributed by atoms with E-state index in [1.165, 1.54) is 0 Å². The third kappa shape index (κ3) is 2.06. The normalized spacial score (nSPS) is 43.5. The number of nitrogens with zero attached hydrogens (tertiary/aromatic N) is 1. The van der Waals surface area contributed by atoms with Gasteiger partial charge in [0.05, 0.1) is 0 Å². The van der Waals surface area contributed by atoms with Crippen molar-refractivity contribution >= 4 is 0 Å². The van der Waals surface area contributed by atoms with Gasteiger partial charge < -0.3 is 10.2 Å². The van der Waals surface area contributed by atoms with Crippen molar-refractivity contribution in [2.45, 2.75) is 44.3 Å². The lowest BCUT2D eigenvalue weighted by Crippen LogP contribution is -2.34. The van der Waals surface area contributed by atoms with E-state index in [0.29, 0.717) is 18.5 Å². The number of hydrogen-bond acceptors (Lipinski definition) is 2. The molecule has 0 aromatic heterocycles. The number of alkyl halides is 2. The quantitative estimate of drug-likeness (QED) is 0.746. The van der Waals surface area contributed by atoms with E-state index in [0.717, 1.165) is 13.0 Å². The molecule has 2 rings (SSSR count). The molecule has 14 heavy (non-hydrogen) atoms. The van der Waals surface area contributed by atoms with Gasteiger partial charge in [-0.15, -0.1) is 0 Å². The van der Waals surface area contributed by atoms with E-state index >= 15 is 0 Å². The van der Waals surface area contributed by atoms with Crippen molar-refractivity contribution < 1.29 is 8.78 Å². The molecule has 1 aliphatic carbocycles. The van der Waals surface area contributed by atoms with Crippen molar-refractivity contribution in [1.29, 1.82) is 0 Å². The maximum atomic E-state index is 12.2. The molecule has 82 valence electrons. The Morgan fingerprint density at radius 1 is 1.36 bits per heavy atom. The lowest BCUT2D eigenvalue weighted by molar-refractivity contribution is 0.118. The van der Waals surface area contributed by atoms with Crippen LogP contribution in [0.15, 0.2) is 0 Å². The number of likely N-dealkylation sites (N-methyl/N-ethyl adjacent to an activating group) is 1. The van der Waals surface area contributed by atoms with E-state index in [4.69, 9.17) is 0 Å². The van der Waals surface area contributed by atoms with Crippen LogP contribution >= 0.6 is 0 Å². The van der Waals surface area contributed by atoms with Gasteiger partial charge in [-0.2, -0.15) is 0 Å². The maximum Gasteiger partial charge on any atom is 0.242 e. The molecule has 2 unspecified atom stereocenters. The predicted octanol–water partition coefficient (Wildman–Crippen LogP) is 1.32. The van der Waals surface area contributed by atoms with Crippen molar-refractivity contribution in [2.24, 2.45) is 5.92 Å². The SMILES string of the molecule is CC1CC(N[C@H]2C[C@@H]2C(F)F)CN1C. The van der Waals surface area contributed by atoms with Crippen LogP contribution in [0.5, 0.6) is 0 Å². The summed E-state index contributed by atoms with van der Waals surface area (Å²) in [5, 5.41) is 3.32. The van der Waals surface area contributed by atoms with E-state index in [-0.39, 0.29) is 12.0 Å². The van der Waals surface area contributed by atoms with Crippen LogP contribution in [0.2, 0.25) is 0 Å². The van der Waals surface area contributed by atoms with E-state index in [1.807, 2.05) is 0 Å². The van der Waals surface area contributed by atoms with Gasteiger partial charge in [-0.1, -0.05) is 0 Å². The van der Waals surface area contributed by atoms with Gasteiger partial charge in [0.1, 0.15) is 0 Å². The van der Waals surface area contributed by atoms with Crippen molar-refractivity contribution in [1.82, 2.24) is 10.2 Å². The summed E-state index contributed by atoms with van der Waals surface area (Å²) in [6, 6.07) is 1.08. The van der Waals surface area contributed by atoms with Gasteiger partial charge in [0.2, 0.25) is 6.43 Å². The summed E-state index contributed by atoms with van der Waals surface area (Å²) in [6.45, 7) is 3.17. The Bertz CT molecular complexity index is 200. The van der Waals surface area contributed by atoms with Crippen LogP contribution in [0.1, 0.15) is 19.8 Å². The van der Waals surface area contributed by atoms with Crippen LogP contribution in [-0.4, -0.2) is 43.0 Å². The molecular formula is C10H18F2N2. The molecule has 1 heterocycles. The van der Waals surface area contributed by atoms with Crippen LogP contribution in [0.4, 0.5) is 8.78 Å². The molecule has 1 N–H and O–H groups in total. The average Bonchev–Trinajstić information content (AvgIpc) is 2.76. The smallest absolute Gasteiger partial charge is 0.242 e. The van der Waals surface area contributed by atoms with Crippen molar-refractivity contribution in [3.8, 4) is 0 Å². The number of halogens is 2. The minimum Gasteiger partial charge on any atom is -0.309 e. The molecule has 2 fully saturated rings. The van der Waals surface area contributed by atoms with Gasteiger partial charge >= 0.3 is 0 Å². The highest BCUT2D eigenvalue weighted by atomic mass is 19.3. The number of likely N-dealkylation sites (tertiary alicyclic amines) is 1. The average molecular weight is 204 g/mol. The van der Waals surface area contributed by atoms with E-state index in [9.17, 15) is 8.78 Å². The minimum atomic E-state index is -2.14. The fourth-order valence-electron chi connectivity index (χ4n) is 2.30. The van der Waals surface area contributed by atoms with Crippen molar-refractivity contribution in [3.05, 3.63) is 0 Å². The summed E-state index contributed by atoms with van der Waals surface area (Å²) >= 11 is 0. The lowest BCUT2D eigenvalue weighted by Gasteiger charge is -2.13. The highest BCUT2D eigenvalue weighted by Gasteiger charge is 2.45. The van der Waals surface area contributed by atoms with Crippen molar-refractivity contribution in [2.75, 3.05) is 13.6 Å². The van der Waals surface area contributed by atoms with Gasteiger partial charge in [0.15, 0.2) is 0 Å². The number of nitrogens with one attached hydrogen (secondary N) is 1.